The lowest BCUT2D eigenvalue weighted by molar-refractivity contribution is 0.497. The maximum atomic E-state index is 11.9. The van der Waals surface area contributed by atoms with Gasteiger partial charge in [0, 0.05) is 19.0 Å². The maximum Gasteiger partial charge on any atom is 0.185 e. The van der Waals surface area contributed by atoms with Crippen LogP contribution in [0, 0.1) is 6.92 Å². The van der Waals surface area contributed by atoms with Crippen molar-refractivity contribution in [2.75, 3.05) is 25.2 Å². The highest BCUT2D eigenvalue weighted by Crippen LogP contribution is 2.17. The first-order valence-corrected chi connectivity index (χ1v) is 4.31. The van der Waals surface area contributed by atoms with Crippen LogP contribution in [0.1, 0.15) is 5.69 Å². The van der Waals surface area contributed by atoms with Crippen molar-refractivity contribution in [3.05, 3.63) is 11.1 Å². The molecule has 11 heavy (non-hydrogen) atoms. The fraction of sp³-hybridized carbons (Fsp3) is 0.571. The van der Waals surface area contributed by atoms with Crippen LogP contribution in [-0.2, 0) is 0 Å². The Morgan fingerprint density at radius 2 is 2.45 bits per heavy atom. The number of hydrogen-bond acceptors (Lipinski definition) is 3. The van der Waals surface area contributed by atoms with Crippen LogP contribution < -0.4 is 4.90 Å². The van der Waals surface area contributed by atoms with Gasteiger partial charge in [-0.1, -0.05) is 0 Å². The molecule has 0 aliphatic rings. The summed E-state index contributed by atoms with van der Waals surface area (Å²) in [5.41, 5.74) is 0.996. The van der Waals surface area contributed by atoms with Gasteiger partial charge in [0.15, 0.2) is 5.13 Å². The Balaban J connectivity index is 2.60. The molecule has 4 heteroatoms. The summed E-state index contributed by atoms with van der Waals surface area (Å²) in [6.07, 6.45) is 0. The zero-order valence-electron chi connectivity index (χ0n) is 6.67. The fourth-order valence-corrected chi connectivity index (χ4v) is 1.54. The van der Waals surface area contributed by atoms with E-state index in [1.165, 1.54) is 0 Å². The van der Waals surface area contributed by atoms with Crippen LogP contribution in [0.4, 0.5) is 9.52 Å². The standard InChI is InChI=1S/C7H11FN2S/c1-6-5-11-7(9-6)10(2)4-3-8/h5H,3-4H2,1-2H3. The van der Waals surface area contributed by atoms with Gasteiger partial charge in [-0.25, -0.2) is 9.37 Å². The van der Waals surface area contributed by atoms with E-state index < -0.39 is 0 Å². The largest absolute Gasteiger partial charge is 0.349 e. The molecule has 62 valence electrons. The second kappa shape index (κ2) is 3.67. The number of anilines is 1. The topological polar surface area (TPSA) is 16.1 Å². The molecular weight excluding hydrogens is 163 g/mol. The SMILES string of the molecule is Cc1csc(N(C)CCF)n1. The Labute approximate surface area is 69.7 Å². The van der Waals surface area contributed by atoms with Gasteiger partial charge in [0.25, 0.3) is 0 Å². The Hall–Kier alpha value is -0.640. The molecule has 0 saturated carbocycles. The molecule has 0 radical (unpaired) electrons. The zero-order chi connectivity index (χ0) is 8.27. The van der Waals surface area contributed by atoms with Crippen LogP contribution in [0.3, 0.4) is 0 Å². The third-order valence-corrected chi connectivity index (χ3v) is 2.43. The number of aryl methyl sites for hydroxylation is 1. The summed E-state index contributed by atoms with van der Waals surface area (Å²) < 4.78 is 11.9. The average molecular weight is 174 g/mol. The number of hydrogen-bond donors (Lipinski definition) is 0. The number of alkyl halides is 1. The van der Waals surface area contributed by atoms with Crippen LogP contribution >= 0.6 is 11.3 Å². The van der Waals surface area contributed by atoms with Gasteiger partial charge >= 0.3 is 0 Å². The number of halogens is 1. The molecule has 0 unspecified atom stereocenters. The molecule has 2 nitrogen and oxygen atoms in total. The third-order valence-electron chi connectivity index (χ3n) is 1.35. The van der Waals surface area contributed by atoms with Gasteiger partial charge in [-0.05, 0) is 6.92 Å². The Kier molecular flexibility index (Phi) is 2.82. The van der Waals surface area contributed by atoms with Crippen molar-refractivity contribution >= 4 is 16.5 Å². The zero-order valence-corrected chi connectivity index (χ0v) is 7.49. The van der Waals surface area contributed by atoms with Crippen molar-refractivity contribution in [1.29, 1.82) is 0 Å². The molecule has 0 fully saturated rings. The van der Waals surface area contributed by atoms with Crippen LogP contribution in [0.2, 0.25) is 0 Å². The lowest BCUT2D eigenvalue weighted by Crippen LogP contribution is -2.19. The van der Waals surface area contributed by atoms with Gasteiger partial charge in [0.1, 0.15) is 6.67 Å². The lowest BCUT2D eigenvalue weighted by atomic mass is 10.6. The molecule has 0 N–H and O–H groups in total. The monoisotopic (exact) mass is 174 g/mol. The van der Waals surface area contributed by atoms with E-state index in [0.29, 0.717) is 6.54 Å². The summed E-state index contributed by atoms with van der Waals surface area (Å²) in [6, 6.07) is 0. The number of nitrogens with zero attached hydrogens (tertiary/aromatic N) is 2. The van der Waals surface area contributed by atoms with Crippen molar-refractivity contribution in [3.63, 3.8) is 0 Å². The van der Waals surface area contributed by atoms with Gasteiger partial charge in [0.05, 0.1) is 5.69 Å². The van der Waals surface area contributed by atoms with E-state index in [1.807, 2.05) is 24.3 Å². The summed E-state index contributed by atoms with van der Waals surface area (Å²) in [4.78, 5) is 6.02. The van der Waals surface area contributed by atoms with E-state index in [2.05, 4.69) is 4.98 Å². The van der Waals surface area contributed by atoms with Gasteiger partial charge < -0.3 is 4.90 Å². The van der Waals surface area contributed by atoms with Gasteiger partial charge in [-0.2, -0.15) is 0 Å². The molecule has 0 amide bonds. The summed E-state index contributed by atoms with van der Waals surface area (Å²) in [7, 11) is 1.85. The van der Waals surface area contributed by atoms with E-state index >= 15 is 0 Å². The van der Waals surface area contributed by atoms with E-state index in [0.717, 1.165) is 10.8 Å². The highest BCUT2D eigenvalue weighted by Gasteiger charge is 2.03. The molecule has 0 atom stereocenters. The molecule has 0 aliphatic heterocycles. The molecule has 0 spiro atoms. The van der Waals surface area contributed by atoms with Crippen molar-refractivity contribution in [1.82, 2.24) is 4.98 Å². The first kappa shape index (κ1) is 8.46. The molecule has 0 aromatic carbocycles. The van der Waals surface area contributed by atoms with Crippen molar-refractivity contribution in [3.8, 4) is 0 Å². The lowest BCUT2D eigenvalue weighted by Gasteiger charge is -2.12. The highest BCUT2D eigenvalue weighted by atomic mass is 32.1. The molecule has 0 bridgehead atoms. The quantitative estimate of drug-likeness (QED) is 0.695. The van der Waals surface area contributed by atoms with Gasteiger partial charge in [-0.15, -0.1) is 11.3 Å². The molecule has 0 saturated heterocycles. The number of aromatic nitrogens is 1. The minimum absolute atomic E-state index is 0.324. The number of rotatable bonds is 3. The summed E-state index contributed by atoms with van der Waals surface area (Å²) in [5.74, 6) is 0. The molecule has 1 heterocycles. The van der Waals surface area contributed by atoms with E-state index in [1.54, 1.807) is 11.3 Å². The summed E-state index contributed by atoms with van der Waals surface area (Å²) in [6.45, 7) is 2.03. The normalized spacial score (nSPS) is 10.1. The Morgan fingerprint density at radius 1 is 1.73 bits per heavy atom. The van der Waals surface area contributed by atoms with E-state index in [4.69, 9.17) is 0 Å². The minimum Gasteiger partial charge on any atom is -0.349 e. The first-order valence-electron chi connectivity index (χ1n) is 3.43. The smallest absolute Gasteiger partial charge is 0.185 e. The first-order chi connectivity index (χ1) is 5.24. The predicted octanol–water partition coefficient (Wildman–Crippen LogP) is 1.86. The average Bonchev–Trinajstić information content (AvgIpc) is 2.36. The summed E-state index contributed by atoms with van der Waals surface area (Å²) in [5, 5.41) is 2.85. The van der Waals surface area contributed by atoms with Crippen molar-refractivity contribution < 1.29 is 4.39 Å². The second-order valence-corrected chi connectivity index (χ2v) is 3.22. The molecular formula is C7H11FN2S. The van der Waals surface area contributed by atoms with Crippen LogP contribution in [0.5, 0.6) is 0 Å². The van der Waals surface area contributed by atoms with E-state index in [9.17, 15) is 4.39 Å². The Bertz CT molecular complexity index is 224. The number of thiazole rings is 1. The van der Waals surface area contributed by atoms with Crippen LogP contribution in [0.15, 0.2) is 5.38 Å². The summed E-state index contributed by atoms with van der Waals surface area (Å²) >= 11 is 1.55. The van der Waals surface area contributed by atoms with Crippen molar-refractivity contribution in [2.24, 2.45) is 0 Å². The van der Waals surface area contributed by atoms with Crippen molar-refractivity contribution in [2.45, 2.75) is 6.92 Å². The van der Waals surface area contributed by atoms with Gasteiger partial charge in [0.2, 0.25) is 0 Å². The fourth-order valence-electron chi connectivity index (χ4n) is 0.739. The highest BCUT2D eigenvalue weighted by molar-refractivity contribution is 7.13. The Morgan fingerprint density at radius 3 is 2.91 bits per heavy atom. The predicted molar refractivity (Wildman–Crippen MR) is 46.1 cm³/mol. The maximum absolute atomic E-state index is 11.9. The third kappa shape index (κ3) is 2.15. The van der Waals surface area contributed by atoms with E-state index in [-0.39, 0.29) is 6.67 Å². The molecule has 1 aromatic heterocycles. The van der Waals surface area contributed by atoms with Gasteiger partial charge in [-0.3, -0.25) is 0 Å². The molecule has 0 aliphatic carbocycles. The second-order valence-electron chi connectivity index (χ2n) is 2.38. The molecule has 1 aromatic rings. The minimum atomic E-state index is -0.324. The van der Waals surface area contributed by atoms with Crippen LogP contribution in [0.25, 0.3) is 0 Å². The molecule has 1 rings (SSSR count). The van der Waals surface area contributed by atoms with Crippen LogP contribution in [-0.4, -0.2) is 25.3 Å².